The van der Waals surface area contributed by atoms with Gasteiger partial charge in [-0.2, -0.15) is 0 Å². The Labute approximate surface area is 169 Å². The normalized spacial score (nSPS) is 15.8. The molecular formula is C24H23FN2O2. The highest BCUT2D eigenvalue weighted by Crippen LogP contribution is 2.32. The Balaban J connectivity index is 1.71. The van der Waals surface area contributed by atoms with E-state index < -0.39 is 0 Å². The van der Waals surface area contributed by atoms with Crippen LogP contribution in [0.1, 0.15) is 40.4 Å². The van der Waals surface area contributed by atoms with Gasteiger partial charge in [-0.15, -0.1) is 0 Å². The SMILES string of the molecule is Cc1cccc(Cn2cccc(C(=O)N3c4ccc(F)cc4CC[C@@H]3C)c2=O)c1. The lowest BCUT2D eigenvalue weighted by atomic mass is 9.95. The number of pyridine rings is 1. The molecule has 0 radical (unpaired) electrons. The van der Waals surface area contributed by atoms with E-state index >= 15 is 0 Å². The second-order valence-corrected chi connectivity index (χ2v) is 7.68. The van der Waals surface area contributed by atoms with Gasteiger partial charge in [0.15, 0.2) is 0 Å². The highest BCUT2D eigenvalue weighted by molar-refractivity contribution is 6.06. The molecule has 2 aromatic carbocycles. The Hall–Kier alpha value is -3.21. The zero-order chi connectivity index (χ0) is 20.5. The largest absolute Gasteiger partial charge is 0.310 e. The van der Waals surface area contributed by atoms with Crippen molar-refractivity contribution in [1.29, 1.82) is 0 Å². The van der Waals surface area contributed by atoms with E-state index in [1.54, 1.807) is 33.9 Å². The van der Waals surface area contributed by atoms with Gasteiger partial charge in [-0.05, 0) is 68.1 Å². The summed E-state index contributed by atoms with van der Waals surface area (Å²) in [5.74, 6) is -0.653. The van der Waals surface area contributed by atoms with Gasteiger partial charge in [0, 0.05) is 17.9 Å². The van der Waals surface area contributed by atoms with E-state index in [4.69, 9.17) is 0 Å². The molecule has 1 amide bonds. The number of carbonyl (C=O) groups excluding carboxylic acids is 1. The number of nitrogens with zero attached hydrogens (tertiary/aromatic N) is 2. The van der Waals surface area contributed by atoms with Crippen molar-refractivity contribution in [3.05, 3.63) is 99.2 Å². The number of hydrogen-bond acceptors (Lipinski definition) is 2. The maximum absolute atomic E-state index is 13.6. The fourth-order valence-electron chi connectivity index (χ4n) is 3.99. The average molecular weight is 390 g/mol. The maximum atomic E-state index is 13.6. The lowest BCUT2D eigenvalue weighted by Crippen LogP contribution is -2.44. The van der Waals surface area contributed by atoms with Crippen LogP contribution in [-0.4, -0.2) is 16.5 Å². The Morgan fingerprint density at radius 3 is 2.76 bits per heavy atom. The number of carbonyl (C=O) groups is 1. The van der Waals surface area contributed by atoms with Gasteiger partial charge >= 0.3 is 0 Å². The van der Waals surface area contributed by atoms with Crippen LogP contribution in [0.4, 0.5) is 10.1 Å². The summed E-state index contributed by atoms with van der Waals surface area (Å²) in [6.07, 6.45) is 3.14. The molecule has 1 aromatic heterocycles. The van der Waals surface area contributed by atoms with Crippen LogP contribution in [0.15, 0.2) is 65.6 Å². The smallest absolute Gasteiger partial charge is 0.264 e. The Kier molecular flexibility index (Phi) is 5.05. The van der Waals surface area contributed by atoms with E-state index in [-0.39, 0.29) is 28.9 Å². The van der Waals surface area contributed by atoms with Gasteiger partial charge in [0.1, 0.15) is 11.4 Å². The summed E-state index contributed by atoms with van der Waals surface area (Å²) >= 11 is 0. The number of anilines is 1. The third-order valence-electron chi connectivity index (χ3n) is 5.48. The summed E-state index contributed by atoms with van der Waals surface area (Å²) in [5.41, 5.74) is 3.42. The molecule has 3 aromatic rings. The molecular weight excluding hydrogens is 367 g/mol. The van der Waals surface area contributed by atoms with E-state index in [2.05, 4.69) is 0 Å². The van der Waals surface area contributed by atoms with E-state index in [9.17, 15) is 14.0 Å². The number of aryl methyl sites for hydroxylation is 2. The molecule has 0 N–H and O–H groups in total. The molecule has 0 saturated carbocycles. The van der Waals surface area contributed by atoms with Crippen molar-refractivity contribution in [2.24, 2.45) is 0 Å². The molecule has 4 rings (SSSR count). The molecule has 1 aliphatic heterocycles. The predicted molar refractivity (Wildman–Crippen MR) is 112 cm³/mol. The third-order valence-corrected chi connectivity index (χ3v) is 5.48. The van der Waals surface area contributed by atoms with Crippen LogP contribution >= 0.6 is 0 Å². The molecule has 2 heterocycles. The van der Waals surface area contributed by atoms with Gasteiger partial charge in [-0.1, -0.05) is 29.8 Å². The molecule has 0 spiro atoms. The van der Waals surface area contributed by atoms with Crippen LogP contribution in [0.3, 0.4) is 0 Å². The van der Waals surface area contributed by atoms with Crippen molar-refractivity contribution in [3.8, 4) is 0 Å². The summed E-state index contributed by atoms with van der Waals surface area (Å²) in [7, 11) is 0. The van der Waals surface area contributed by atoms with E-state index in [1.165, 1.54) is 12.1 Å². The molecule has 1 atom stereocenters. The molecule has 5 heteroatoms. The standard InChI is InChI=1S/C24H23FN2O2/c1-16-5-3-6-18(13-16)15-26-12-4-7-21(23(26)28)24(29)27-17(2)8-9-19-14-20(25)10-11-22(19)27/h3-7,10-14,17H,8-9,15H2,1-2H3/t17-/m0/s1. The first-order valence-corrected chi connectivity index (χ1v) is 9.81. The van der Waals surface area contributed by atoms with Crippen LogP contribution in [0.25, 0.3) is 0 Å². The topological polar surface area (TPSA) is 42.3 Å². The van der Waals surface area contributed by atoms with Gasteiger partial charge < -0.3 is 9.47 Å². The highest BCUT2D eigenvalue weighted by atomic mass is 19.1. The number of benzene rings is 2. The summed E-state index contributed by atoms with van der Waals surface area (Å²) in [4.78, 5) is 28.1. The van der Waals surface area contributed by atoms with E-state index in [0.717, 1.165) is 23.1 Å². The number of hydrogen-bond donors (Lipinski definition) is 0. The lowest BCUT2D eigenvalue weighted by molar-refractivity contribution is 0.0973. The number of amides is 1. The maximum Gasteiger partial charge on any atom is 0.264 e. The number of rotatable bonds is 3. The first kappa shape index (κ1) is 19.1. The number of aromatic nitrogens is 1. The summed E-state index contributed by atoms with van der Waals surface area (Å²) in [6.45, 7) is 4.36. The Bertz CT molecular complexity index is 1140. The van der Waals surface area contributed by atoms with Crippen LogP contribution in [0.5, 0.6) is 0 Å². The minimum Gasteiger partial charge on any atom is -0.310 e. The first-order valence-electron chi connectivity index (χ1n) is 9.81. The van der Waals surface area contributed by atoms with Crippen LogP contribution in [-0.2, 0) is 13.0 Å². The minimum absolute atomic E-state index is 0.0645. The quantitative estimate of drug-likeness (QED) is 0.668. The molecule has 29 heavy (non-hydrogen) atoms. The van der Waals surface area contributed by atoms with Crippen molar-refractivity contribution in [2.75, 3.05) is 4.90 Å². The average Bonchev–Trinajstić information content (AvgIpc) is 2.69. The van der Waals surface area contributed by atoms with Crippen molar-refractivity contribution in [3.63, 3.8) is 0 Å². The minimum atomic E-state index is -0.339. The monoisotopic (exact) mass is 390 g/mol. The van der Waals surface area contributed by atoms with Crippen molar-refractivity contribution in [2.45, 2.75) is 39.3 Å². The summed E-state index contributed by atoms with van der Waals surface area (Å²) in [5, 5.41) is 0. The van der Waals surface area contributed by atoms with Crippen molar-refractivity contribution < 1.29 is 9.18 Å². The molecule has 148 valence electrons. The fraction of sp³-hybridized carbons (Fsp3) is 0.250. The molecule has 4 nitrogen and oxygen atoms in total. The van der Waals surface area contributed by atoms with E-state index in [1.807, 2.05) is 38.1 Å². The predicted octanol–water partition coefficient (Wildman–Crippen LogP) is 4.33. The number of halogens is 1. The van der Waals surface area contributed by atoms with Gasteiger partial charge in [0.2, 0.25) is 0 Å². The molecule has 0 fully saturated rings. The summed E-state index contributed by atoms with van der Waals surface area (Å²) in [6, 6.07) is 15.6. The zero-order valence-electron chi connectivity index (χ0n) is 16.6. The molecule has 0 saturated heterocycles. The van der Waals surface area contributed by atoms with Crippen molar-refractivity contribution >= 4 is 11.6 Å². The van der Waals surface area contributed by atoms with Gasteiger partial charge in [0.05, 0.1) is 6.54 Å². The van der Waals surface area contributed by atoms with Gasteiger partial charge in [-0.25, -0.2) is 4.39 Å². The lowest BCUT2D eigenvalue weighted by Gasteiger charge is -2.35. The fourth-order valence-corrected chi connectivity index (χ4v) is 3.99. The second-order valence-electron chi connectivity index (χ2n) is 7.68. The molecule has 1 aliphatic rings. The van der Waals surface area contributed by atoms with Crippen molar-refractivity contribution in [1.82, 2.24) is 4.57 Å². The van der Waals surface area contributed by atoms with Gasteiger partial charge in [0.25, 0.3) is 11.5 Å². The van der Waals surface area contributed by atoms with Crippen LogP contribution in [0, 0.1) is 12.7 Å². The molecule has 0 unspecified atom stereocenters. The first-order chi connectivity index (χ1) is 13.9. The van der Waals surface area contributed by atoms with Crippen LogP contribution < -0.4 is 10.5 Å². The number of fused-ring (bicyclic) bond motifs is 1. The molecule has 0 aliphatic carbocycles. The second kappa shape index (κ2) is 7.66. The molecule has 0 bridgehead atoms. The Morgan fingerprint density at radius 1 is 1.14 bits per heavy atom. The summed E-state index contributed by atoms with van der Waals surface area (Å²) < 4.78 is 15.2. The zero-order valence-corrected chi connectivity index (χ0v) is 16.6. The van der Waals surface area contributed by atoms with Crippen LogP contribution in [0.2, 0.25) is 0 Å². The van der Waals surface area contributed by atoms with E-state index in [0.29, 0.717) is 18.7 Å². The highest BCUT2D eigenvalue weighted by Gasteiger charge is 2.30. The third kappa shape index (κ3) is 3.73. The van der Waals surface area contributed by atoms with Gasteiger partial charge in [-0.3, -0.25) is 9.59 Å². The Morgan fingerprint density at radius 2 is 1.97 bits per heavy atom.